The second kappa shape index (κ2) is 4.53. The van der Waals surface area contributed by atoms with Gasteiger partial charge in [0.2, 0.25) is 15.0 Å². The average Bonchev–Trinajstić information content (AvgIpc) is 3.07. The highest BCUT2D eigenvalue weighted by Crippen LogP contribution is 2.23. The third-order valence-corrected chi connectivity index (χ3v) is 5.39. The number of nitrogens with zero attached hydrogens (tertiary/aromatic N) is 2. The van der Waals surface area contributed by atoms with Crippen molar-refractivity contribution in [3.8, 4) is 0 Å². The Morgan fingerprint density at radius 3 is 2.85 bits per heavy atom. The number of hydrogen-bond donors (Lipinski definition) is 2. The number of non-ortho nitro benzene ring substituents is 1. The van der Waals surface area contributed by atoms with Crippen molar-refractivity contribution in [3.63, 3.8) is 0 Å². The number of benzene rings is 1. The molecular formula is C11H12N4O4S. The first-order valence-corrected chi connectivity index (χ1v) is 7.62. The van der Waals surface area contributed by atoms with Crippen LogP contribution < -0.4 is 5.32 Å². The van der Waals surface area contributed by atoms with E-state index < -0.39 is 20.0 Å². The molecule has 0 radical (unpaired) electrons. The van der Waals surface area contributed by atoms with Crippen LogP contribution in [0.1, 0.15) is 6.42 Å². The molecular weight excluding hydrogens is 284 g/mol. The van der Waals surface area contributed by atoms with Gasteiger partial charge in [-0.2, -0.15) is 0 Å². The Bertz CT molecular complexity index is 777. The Balaban J connectivity index is 2.06. The van der Waals surface area contributed by atoms with Gasteiger partial charge in [0.25, 0.3) is 5.69 Å². The van der Waals surface area contributed by atoms with Gasteiger partial charge in [0, 0.05) is 18.7 Å². The van der Waals surface area contributed by atoms with Crippen molar-refractivity contribution in [2.24, 2.45) is 0 Å². The number of H-pyrrole nitrogens is 1. The summed E-state index contributed by atoms with van der Waals surface area (Å²) in [6, 6.07) is 4.03. The lowest BCUT2D eigenvalue weighted by Gasteiger charge is -2.06. The minimum Gasteiger partial charge on any atom is -0.329 e. The zero-order chi connectivity index (χ0) is 14.3. The van der Waals surface area contributed by atoms with Crippen LogP contribution in [-0.2, 0) is 9.84 Å². The van der Waals surface area contributed by atoms with Crippen LogP contribution in [0.15, 0.2) is 23.4 Å². The number of fused-ring (bicyclic) bond motifs is 1. The molecule has 0 spiro atoms. The summed E-state index contributed by atoms with van der Waals surface area (Å²) >= 11 is 0. The van der Waals surface area contributed by atoms with Crippen LogP contribution in [0.2, 0.25) is 0 Å². The Kier molecular flexibility index (Phi) is 2.94. The number of imidazole rings is 1. The molecule has 0 bridgehead atoms. The Morgan fingerprint density at radius 2 is 2.20 bits per heavy atom. The van der Waals surface area contributed by atoms with Crippen molar-refractivity contribution in [1.29, 1.82) is 0 Å². The van der Waals surface area contributed by atoms with Crippen LogP contribution in [0, 0.1) is 10.1 Å². The molecule has 2 N–H and O–H groups in total. The van der Waals surface area contributed by atoms with Gasteiger partial charge in [-0.3, -0.25) is 10.1 Å². The van der Waals surface area contributed by atoms with Crippen LogP contribution in [-0.4, -0.2) is 41.6 Å². The standard InChI is InChI=1S/C11H12N4O4S/c16-15(17)7-1-2-9-10(5-7)14-11(13-9)20(18,19)8-3-4-12-6-8/h1-2,5,8,12H,3-4,6H2,(H,13,14)/t8-/m1/s1. The lowest BCUT2D eigenvalue weighted by atomic mass is 10.3. The SMILES string of the molecule is O=[N+]([O-])c1ccc2nc(S(=O)(=O)[C@@H]3CCNC3)[nH]c2c1. The molecule has 2 aromatic rings. The minimum atomic E-state index is -3.53. The molecule has 0 unspecified atom stereocenters. The van der Waals surface area contributed by atoms with Gasteiger partial charge in [-0.15, -0.1) is 0 Å². The first-order valence-electron chi connectivity index (χ1n) is 6.07. The Labute approximate surface area is 114 Å². The molecule has 1 aromatic heterocycles. The van der Waals surface area contributed by atoms with E-state index in [1.165, 1.54) is 18.2 Å². The zero-order valence-corrected chi connectivity index (χ0v) is 11.2. The van der Waals surface area contributed by atoms with Crippen LogP contribution in [0.25, 0.3) is 11.0 Å². The fourth-order valence-corrected chi connectivity index (χ4v) is 3.83. The first-order chi connectivity index (χ1) is 9.48. The maximum absolute atomic E-state index is 12.4. The van der Waals surface area contributed by atoms with Crippen molar-refractivity contribution in [2.75, 3.05) is 13.1 Å². The van der Waals surface area contributed by atoms with Gasteiger partial charge in [0.1, 0.15) is 0 Å². The van der Waals surface area contributed by atoms with Gasteiger partial charge in [-0.05, 0) is 19.0 Å². The molecule has 20 heavy (non-hydrogen) atoms. The van der Waals surface area contributed by atoms with Gasteiger partial charge in [0.15, 0.2) is 0 Å². The van der Waals surface area contributed by atoms with Crippen LogP contribution >= 0.6 is 0 Å². The largest absolute Gasteiger partial charge is 0.329 e. The lowest BCUT2D eigenvalue weighted by Crippen LogP contribution is -2.24. The van der Waals surface area contributed by atoms with Crippen molar-refractivity contribution >= 4 is 26.6 Å². The molecule has 106 valence electrons. The van der Waals surface area contributed by atoms with Crippen molar-refractivity contribution in [2.45, 2.75) is 16.8 Å². The van der Waals surface area contributed by atoms with Crippen LogP contribution in [0.3, 0.4) is 0 Å². The number of rotatable bonds is 3. The normalized spacial score (nSPS) is 19.5. The van der Waals surface area contributed by atoms with Gasteiger partial charge < -0.3 is 10.3 Å². The van der Waals surface area contributed by atoms with E-state index >= 15 is 0 Å². The highest BCUT2D eigenvalue weighted by molar-refractivity contribution is 7.91. The summed E-state index contributed by atoms with van der Waals surface area (Å²) in [5.41, 5.74) is 0.650. The average molecular weight is 296 g/mol. The maximum atomic E-state index is 12.4. The third-order valence-electron chi connectivity index (χ3n) is 3.38. The summed E-state index contributed by atoms with van der Waals surface area (Å²) in [4.78, 5) is 16.9. The second-order valence-electron chi connectivity index (χ2n) is 4.66. The Morgan fingerprint density at radius 1 is 1.40 bits per heavy atom. The fourth-order valence-electron chi connectivity index (χ4n) is 2.27. The number of sulfone groups is 1. The van der Waals surface area contributed by atoms with E-state index in [0.29, 0.717) is 30.5 Å². The second-order valence-corrected chi connectivity index (χ2v) is 6.80. The van der Waals surface area contributed by atoms with Gasteiger partial charge in [-0.1, -0.05) is 0 Å². The molecule has 1 saturated heterocycles. The van der Waals surface area contributed by atoms with E-state index in [4.69, 9.17) is 0 Å². The number of aromatic nitrogens is 2. The summed E-state index contributed by atoms with van der Waals surface area (Å²) in [6.45, 7) is 1.06. The molecule has 0 amide bonds. The summed E-state index contributed by atoms with van der Waals surface area (Å²) in [7, 11) is -3.53. The molecule has 1 fully saturated rings. The van der Waals surface area contributed by atoms with Gasteiger partial charge in [0.05, 0.1) is 21.2 Å². The molecule has 2 heterocycles. The summed E-state index contributed by atoms with van der Waals surface area (Å²) in [5, 5.41) is 13.1. The van der Waals surface area contributed by atoms with Crippen LogP contribution in [0.5, 0.6) is 0 Å². The minimum absolute atomic E-state index is 0.104. The zero-order valence-electron chi connectivity index (χ0n) is 10.4. The summed E-state index contributed by atoms with van der Waals surface area (Å²) in [5.74, 6) is 0. The summed E-state index contributed by atoms with van der Waals surface area (Å²) in [6.07, 6.45) is 0.541. The van der Waals surface area contributed by atoms with Gasteiger partial charge in [-0.25, -0.2) is 13.4 Å². The van der Waals surface area contributed by atoms with Crippen LogP contribution in [0.4, 0.5) is 5.69 Å². The smallest absolute Gasteiger partial charge is 0.271 e. The predicted octanol–water partition coefficient (Wildman–Crippen LogP) is 0.607. The van der Waals surface area contributed by atoms with E-state index in [0.717, 1.165) is 0 Å². The molecule has 1 aliphatic rings. The first kappa shape index (κ1) is 13.0. The highest BCUT2D eigenvalue weighted by atomic mass is 32.2. The number of aromatic amines is 1. The number of nitro benzene ring substituents is 1. The van der Waals surface area contributed by atoms with Crippen molar-refractivity contribution < 1.29 is 13.3 Å². The molecule has 0 aliphatic carbocycles. The van der Waals surface area contributed by atoms with E-state index in [1.807, 2.05) is 0 Å². The van der Waals surface area contributed by atoms with Gasteiger partial charge >= 0.3 is 0 Å². The van der Waals surface area contributed by atoms with Crippen molar-refractivity contribution in [1.82, 2.24) is 15.3 Å². The lowest BCUT2D eigenvalue weighted by molar-refractivity contribution is -0.384. The highest BCUT2D eigenvalue weighted by Gasteiger charge is 2.32. The molecule has 1 aromatic carbocycles. The Hall–Kier alpha value is -2.00. The molecule has 1 atom stereocenters. The molecule has 9 heteroatoms. The maximum Gasteiger partial charge on any atom is 0.271 e. The number of nitrogens with one attached hydrogen (secondary N) is 2. The van der Waals surface area contributed by atoms with E-state index in [2.05, 4.69) is 15.3 Å². The van der Waals surface area contributed by atoms with Crippen molar-refractivity contribution in [3.05, 3.63) is 28.3 Å². The number of nitro groups is 1. The molecule has 0 saturated carbocycles. The van der Waals surface area contributed by atoms with E-state index in [-0.39, 0.29) is 10.8 Å². The molecule has 3 rings (SSSR count). The molecule has 8 nitrogen and oxygen atoms in total. The monoisotopic (exact) mass is 296 g/mol. The molecule has 1 aliphatic heterocycles. The number of hydrogen-bond acceptors (Lipinski definition) is 6. The van der Waals surface area contributed by atoms with E-state index in [9.17, 15) is 18.5 Å². The fraction of sp³-hybridized carbons (Fsp3) is 0.364. The summed E-state index contributed by atoms with van der Waals surface area (Å²) < 4.78 is 24.7. The predicted molar refractivity (Wildman–Crippen MR) is 71.2 cm³/mol. The van der Waals surface area contributed by atoms with E-state index in [1.54, 1.807) is 0 Å². The third kappa shape index (κ3) is 2.04. The topological polar surface area (TPSA) is 118 Å². The quantitative estimate of drug-likeness (QED) is 0.632.